The number of piperidine rings is 1. The molecule has 0 bridgehead atoms. The van der Waals surface area contributed by atoms with E-state index in [0.29, 0.717) is 38.5 Å². The second-order valence-electron chi connectivity index (χ2n) is 4.93. The van der Waals surface area contributed by atoms with E-state index < -0.39 is 5.97 Å². The maximum Gasteiger partial charge on any atom is 0.306 e. The highest BCUT2D eigenvalue weighted by Gasteiger charge is 2.26. The molecule has 1 rings (SSSR count). The van der Waals surface area contributed by atoms with Gasteiger partial charge in [-0.1, -0.05) is 6.92 Å². The van der Waals surface area contributed by atoms with Gasteiger partial charge in [-0.2, -0.15) is 11.8 Å². The molecule has 1 amide bonds. The highest BCUT2D eigenvalue weighted by molar-refractivity contribution is 7.99. The Kier molecular flexibility index (Phi) is 7.23. The molecule has 5 nitrogen and oxygen atoms in total. The molecule has 1 aliphatic heterocycles. The molecule has 2 N–H and O–H groups in total. The molecule has 0 spiro atoms. The highest BCUT2D eigenvalue weighted by atomic mass is 32.2. The summed E-state index contributed by atoms with van der Waals surface area (Å²) >= 11 is 1.85. The van der Waals surface area contributed by atoms with Crippen molar-refractivity contribution in [1.29, 1.82) is 0 Å². The lowest BCUT2D eigenvalue weighted by molar-refractivity contribution is -0.145. The van der Waals surface area contributed by atoms with Gasteiger partial charge in [-0.05, 0) is 25.5 Å². The first-order chi connectivity index (χ1) is 9.04. The summed E-state index contributed by atoms with van der Waals surface area (Å²) in [5, 5.41) is 12.1. The Morgan fingerprint density at radius 1 is 1.42 bits per heavy atom. The van der Waals surface area contributed by atoms with Crippen LogP contribution in [-0.2, 0) is 9.59 Å². The molecule has 0 saturated carbocycles. The van der Waals surface area contributed by atoms with Crippen LogP contribution in [-0.4, -0.2) is 59.1 Å². The minimum absolute atomic E-state index is 0.0807. The summed E-state index contributed by atoms with van der Waals surface area (Å²) in [6.07, 6.45) is 1.14. The van der Waals surface area contributed by atoms with Crippen LogP contribution < -0.4 is 5.32 Å². The van der Waals surface area contributed by atoms with E-state index in [1.54, 1.807) is 4.90 Å². The summed E-state index contributed by atoms with van der Waals surface area (Å²) in [6.45, 7) is 5.68. The van der Waals surface area contributed by atoms with Crippen LogP contribution in [0, 0.1) is 5.92 Å². The number of thioether (sulfide) groups is 1. The number of hydrogen-bond donors (Lipinski definition) is 2. The van der Waals surface area contributed by atoms with Gasteiger partial charge in [-0.15, -0.1) is 0 Å². The van der Waals surface area contributed by atoms with Crippen LogP contribution >= 0.6 is 11.8 Å². The Hall–Kier alpha value is -0.750. The van der Waals surface area contributed by atoms with E-state index in [2.05, 4.69) is 19.2 Å². The van der Waals surface area contributed by atoms with Gasteiger partial charge in [-0.25, -0.2) is 0 Å². The number of hydrogen-bond acceptors (Lipinski definition) is 4. The lowest BCUT2D eigenvalue weighted by atomic mass is 9.97. The average Bonchev–Trinajstić information content (AvgIpc) is 2.42. The highest BCUT2D eigenvalue weighted by Crippen LogP contribution is 2.17. The fraction of sp³-hybridized carbons (Fsp3) is 0.846. The molecule has 0 aromatic rings. The zero-order chi connectivity index (χ0) is 14.3. The molecule has 0 aliphatic carbocycles. The average molecular weight is 288 g/mol. The van der Waals surface area contributed by atoms with Gasteiger partial charge in [0, 0.05) is 24.9 Å². The van der Waals surface area contributed by atoms with Crippen LogP contribution in [0.4, 0.5) is 0 Å². The van der Waals surface area contributed by atoms with Gasteiger partial charge < -0.3 is 15.3 Å². The van der Waals surface area contributed by atoms with E-state index >= 15 is 0 Å². The van der Waals surface area contributed by atoms with Crippen molar-refractivity contribution in [2.24, 2.45) is 5.92 Å². The summed E-state index contributed by atoms with van der Waals surface area (Å²) in [5.41, 5.74) is 0. The number of carbonyl (C=O) groups excluding carboxylic acids is 1. The van der Waals surface area contributed by atoms with Crippen molar-refractivity contribution >= 4 is 23.6 Å². The Labute approximate surface area is 119 Å². The molecule has 110 valence electrons. The van der Waals surface area contributed by atoms with Crippen molar-refractivity contribution in [1.82, 2.24) is 10.2 Å². The van der Waals surface area contributed by atoms with Gasteiger partial charge in [0.05, 0.1) is 12.5 Å². The number of likely N-dealkylation sites (tertiary alicyclic amines) is 1. The Balaban J connectivity index is 2.22. The molecular formula is C13H24N2O3S. The second kappa shape index (κ2) is 8.43. The summed E-state index contributed by atoms with van der Waals surface area (Å²) in [4.78, 5) is 24.6. The molecule has 1 unspecified atom stereocenters. The summed E-state index contributed by atoms with van der Waals surface area (Å²) in [6, 6.07) is 0.324. The van der Waals surface area contributed by atoms with Crippen LogP contribution in [0.15, 0.2) is 0 Å². The number of carboxylic acids is 1. The summed E-state index contributed by atoms with van der Waals surface area (Å²) in [5.74, 6) is 1.15. The van der Waals surface area contributed by atoms with Crippen LogP contribution in [0.5, 0.6) is 0 Å². The summed E-state index contributed by atoms with van der Waals surface area (Å²) < 4.78 is 0. The lowest BCUT2D eigenvalue weighted by Gasteiger charge is -2.30. The second-order valence-corrected chi connectivity index (χ2v) is 6.25. The third-order valence-corrected chi connectivity index (χ3v) is 4.51. The molecule has 1 fully saturated rings. The Morgan fingerprint density at radius 2 is 2.05 bits per heavy atom. The molecule has 6 heteroatoms. The third kappa shape index (κ3) is 5.82. The van der Waals surface area contributed by atoms with Crippen molar-refractivity contribution in [2.45, 2.75) is 32.7 Å². The molecule has 0 radical (unpaired) electrons. The molecule has 0 aromatic heterocycles. The minimum Gasteiger partial charge on any atom is -0.481 e. The van der Waals surface area contributed by atoms with Crippen LogP contribution in [0.3, 0.4) is 0 Å². The first kappa shape index (κ1) is 16.3. The maximum atomic E-state index is 12.0. The number of aliphatic carboxylic acids is 1. The minimum atomic E-state index is -0.740. The zero-order valence-corrected chi connectivity index (χ0v) is 12.5. The van der Waals surface area contributed by atoms with E-state index in [1.165, 1.54) is 0 Å². The number of carboxylic acid groups (broad SMARTS) is 1. The number of carbonyl (C=O) groups is 2. The predicted octanol–water partition coefficient (Wildman–Crippen LogP) is 1.04. The van der Waals surface area contributed by atoms with E-state index in [-0.39, 0.29) is 11.8 Å². The van der Waals surface area contributed by atoms with Gasteiger partial charge in [-0.3, -0.25) is 9.59 Å². The van der Waals surface area contributed by atoms with Crippen LogP contribution in [0.2, 0.25) is 0 Å². The molecular weight excluding hydrogens is 264 g/mol. The number of rotatable bonds is 7. The van der Waals surface area contributed by atoms with E-state index in [4.69, 9.17) is 5.11 Å². The SMILES string of the molecule is CCSCC(C)NCC(=O)N1CCC(C(=O)O)CC1. The van der Waals surface area contributed by atoms with Crippen molar-refractivity contribution in [3.63, 3.8) is 0 Å². The van der Waals surface area contributed by atoms with Gasteiger partial charge in [0.25, 0.3) is 0 Å². The lowest BCUT2D eigenvalue weighted by Crippen LogP contribution is -2.45. The summed E-state index contributed by atoms with van der Waals surface area (Å²) in [7, 11) is 0. The van der Waals surface area contributed by atoms with Crippen LogP contribution in [0.25, 0.3) is 0 Å². The first-order valence-electron chi connectivity index (χ1n) is 6.86. The van der Waals surface area contributed by atoms with Gasteiger partial charge in [0.2, 0.25) is 5.91 Å². The van der Waals surface area contributed by atoms with Crippen LogP contribution in [0.1, 0.15) is 26.7 Å². The molecule has 0 aromatic carbocycles. The predicted molar refractivity (Wildman–Crippen MR) is 77.4 cm³/mol. The van der Waals surface area contributed by atoms with Gasteiger partial charge in [0.15, 0.2) is 0 Å². The topological polar surface area (TPSA) is 69.6 Å². The molecule has 1 atom stereocenters. The molecule has 1 aliphatic rings. The third-order valence-electron chi connectivity index (χ3n) is 3.37. The Bertz CT molecular complexity index is 304. The fourth-order valence-corrected chi connectivity index (χ4v) is 2.81. The van der Waals surface area contributed by atoms with Crippen molar-refractivity contribution in [3.05, 3.63) is 0 Å². The monoisotopic (exact) mass is 288 g/mol. The molecule has 1 heterocycles. The van der Waals surface area contributed by atoms with Crippen molar-refractivity contribution in [3.8, 4) is 0 Å². The van der Waals surface area contributed by atoms with E-state index in [1.807, 2.05) is 11.8 Å². The van der Waals surface area contributed by atoms with Crippen molar-refractivity contribution < 1.29 is 14.7 Å². The maximum absolute atomic E-state index is 12.0. The quantitative estimate of drug-likeness (QED) is 0.732. The standard InChI is InChI=1S/C13H24N2O3S/c1-3-19-9-10(2)14-8-12(16)15-6-4-11(5-7-15)13(17)18/h10-11,14H,3-9H2,1-2H3,(H,17,18). The van der Waals surface area contributed by atoms with E-state index in [9.17, 15) is 9.59 Å². The van der Waals surface area contributed by atoms with Crippen molar-refractivity contribution in [2.75, 3.05) is 31.1 Å². The largest absolute Gasteiger partial charge is 0.481 e. The number of nitrogens with zero attached hydrogens (tertiary/aromatic N) is 1. The van der Waals surface area contributed by atoms with E-state index in [0.717, 1.165) is 11.5 Å². The zero-order valence-electron chi connectivity index (χ0n) is 11.7. The smallest absolute Gasteiger partial charge is 0.306 e. The first-order valence-corrected chi connectivity index (χ1v) is 8.01. The fourth-order valence-electron chi connectivity index (χ4n) is 2.10. The molecule has 19 heavy (non-hydrogen) atoms. The normalized spacial score (nSPS) is 18.3. The number of amides is 1. The number of nitrogens with one attached hydrogen (secondary N) is 1. The molecule has 1 saturated heterocycles. The van der Waals surface area contributed by atoms with Gasteiger partial charge >= 0.3 is 5.97 Å². The van der Waals surface area contributed by atoms with Gasteiger partial charge in [0.1, 0.15) is 0 Å². The Morgan fingerprint density at radius 3 is 2.58 bits per heavy atom.